The second-order valence-electron chi connectivity index (χ2n) is 18.5. The minimum atomic E-state index is -1.16. The molecule has 2 aromatic carbocycles. The molecule has 10 nitrogen and oxygen atoms in total. The maximum Gasteiger partial charge on any atom is 0.272 e. The molecule has 1 saturated heterocycles. The number of aromatic nitrogens is 3. The molecular weight excluding hydrogens is 917 g/mol. The van der Waals surface area contributed by atoms with Gasteiger partial charge in [0, 0.05) is 60.3 Å². The quantitative estimate of drug-likeness (QED) is 0.0560. The summed E-state index contributed by atoms with van der Waals surface area (Å²) >= 11 is 20.0. The van der Waals surface area contributed by atoms with Gasteiger partial charge in [-0.2, -0.15) is 5.10 Å². The molecule has 2 saturated carbocycles. The van der Waals surface area contributed by atoms with Crippen molar-refractivity contribution in [3.05, 3.63) is 147 Å². The number of hydrogen-bond donors (Lipinski definition) is 2. The molecule has 0 unspecified atom stereocenters. The van der Waals surface area contributed by atoms with Gasteiger partial charge in [-0.1, -0.05) is 120 Å². The van der Waals surface area contributed by atoms with Crippen LogP contribution in [-0.2, 0) is 17.0 Å². The molecule has 4 aromatic rings. The van der Waals surface area contributed by atoms with Crippen molar-refractivity contribution in [1.29, 1.82) is 0 Å². The molecule has 0 bridgehead atoms. The van der Waals surface area contributed by atoms with Crippen molar-refractivity contribution in [2.24, 2.45) is 0 Å². The fourth-order valence-electron chi connectivity index (χ4n) is 9.02. The van der Waals surface area contributed by atoms with Crippen molar-refractivity contribution in [1.82, 2.24) is 25.2 Å². The largest absolute Gasteiger partial charge is 0.489 e. The Kier molecular flexibility index (Phi) is 18.5. The maximum atomic E-state index is 13.6. The first-order valence-corrected chi connectivity index (χ1v) is 25.6. The van der Waals surface area contributed by atoms with Gasteiger partial charge >= 0.3 is 0 Å². The van der Waals surface area contributed by atoms with E-state index in [0.717, 1.165) is 74.8 Å². The molecule has 13 heteroatoms. The van der Waals surface area contributed by atoms with Gasteiger partial charge in [0.2, 0.25) is 5.91 Å². The maximum absolute atomic E-state index is 13.6. The number of halogens is 3. The van der Waals surface area contributed by atoms with Crippen molar-refractivity contribution >= 4 is 46.6 Å². The average Bonchev–Trinajstić information content (AvgIpc) is 3.91. The number of nitrogens with one attached hydrogen (secondary N) is 1. The van der Waals surface area contributed by atoms with Gasteiger partial charge in [0.15, 0.2) is 0 Å². The number of benzene rings is 2. The van der Waals surface area contributed by atoms with E-state index in [4.69, 9.17) is 49.2 Å². The van der Waals surface area contributed by atoms with E-state index in [-0.39, 0.29) is 42.3 Å². The topological polar surface area (TPSA) is 123 Å². The molecule has 2 N–H and O–H groups in total. The third kappa shape index (κ3) is 13.5. The summed E-state index contributed by atoms with van der Waals surface area (Å²) in [5, 5.41) is 25.5. The number of allylic oxidation sites excluding steroid dienone is 10. The normalized spacial score (nSPS) is 19.2. The first-order chi connectivity index (χ1) is 33.0. The van der Waals surface area contributed by atoms with Crippen LogP contribution in [0.2, 0.25) is 15.1 Å². The van der Waals surface area contributed by atoms with Crippen LogP contribution in [0.15, 0.2) is 108 Å². The molecule has 2 aromatic heterocycles. The number of piperidine rings is 1. The SMILES string of the molecule is CCC=CCC=CCC=CCC=CCC=CCCCC(=O)N1CCC(NC(=O)c2cc(C3CC(O)(c4ccc(OCc5c(-c6c(Cl)cccc6Cl)noc5C5CC5)cc4Cl)C3)n(C(C)C)n2)CC1. The summed E-state index contributed by atoms with van der Waals surface area (Å²) in [4.78, 5) is 28.5. The molecule has 68 heavy (non-hydrogen) atoms. The zero-order valence-electron chi connectivity index (χ0n) is 39.6. The second-order valence-corrected chi connectivity index (χ2v) is 19.8. The minimum Gasteiger partial charge on any atom is -0.489 e. The average molecular weight is 984 g/mol. The highest BCUT2D eigenvalue weighted by atomic mass is 35.5. The van der Waals surface area contributed by atoms with Crippen LogP contribution in [0.4, 0.5) is 0 Å². The van der Waals surface area contributed by atoms with Crippen molar-refractivity contribution in [2.45, 2.75) is 147 Å². The highest BCUT2D eigenvalue weighted by Gasteiger charge is 2.47. The number of aliphatic hydroxyl groups is 1. The van der Waals surface area contributed by atoms with Gasteiger partial charge < -0.3 is 24.6 Å². The molecule has 2 aliphatic carbocycles. The van der Waals surface area contributed by atoms with Gasteiger partial charge in [-0.05, 0) is 128 Å². The lowest BCUT2D eigenvalue weighted by atomic mass is 9.66. The number of hydrogen-bond acceptors (Lipinski definition) is 7. The molecule has 3 aliphatic rings. The molecule has 0 spiro atoms. The molecule has 7 rings (SSSR count). The molecule has 3 heterocycles. The molecule has 0 atom stereocenters. The van der Waals surface area contributed by atoms with E-state index in [9.17, 15) is 14.7 Å². The number of nitrogens with zero attached hydrogens (tertiary/aromatic N) is 4. The second kappa shape index (κ2) is 24.6. The lowest BCUT2D eigenvalue weighted by Gasteiger charge is -2.44. The Morgan fingerprint density at radius 1 is 0.853 bits per heavy atom. The number of ether oxygens (including phenoxy) is 1. The van der Waals surface area contributed by atoms with E-state index in [1.807, 2.05) is 41.6 Å². The third-order valence-corrected chi connectivity index (χ3v) is 13.9. The van der Waals surface area contributed by atoms with Crippen LogP contribution in [-0.4, -0.2) is 55.9 Å². The monoisotopic (exact) mass is 981 g/mol. The Balaban J connectivity index is 0.834. The Hall–Kier alpha value is -4.87. The molecule has 3 fully saturated rings. The van der Waals surface area contributed by atoms with Gasteiger partial charge in [-0.25, -0.2) is 0 Å². The molecular formula is C55H66Cl3N5O5. The number of amides is 2. The molecule has 362 valence electrons. The number of carbonyl (C=O) groups excluding carboxylic acids is 2. The highest BCUT2D eigenvalue weighted by molar-refractivity contribution is 6.39. The summed E-state index contributed by atoms with van der Waals surface area (Å²) in [6.45, 7) is 7.64. The van der Waals surface area contributed by atoms with Gasteiger partial charge in [-0.15, -0.1) is 0 Å². The number of unbranched alkanes of at least 4 members (excludes halogenated alkanes) is 1. The predicted molar refractivity (Wildman–Crippen MR) is 274 cm³/mol. The van der Waals surface area contributed by atoms with Crippen LogP contribution in [0.5, 0.6) is 5.75 Å². The van der Waals surface area contributed by atoms with Gasteiger partial charge in [0.25, 0.3) is 5.91 Å². The zero-order valence-corrected chi connectivity index (χ0v) is 41.9. The lowest BCUT2D eigenvalue weighted by molar-refractivity contribution is -0.132. The lowest BCUT2D eigenvalue weighted by Crippen LogP contribution is -2.46. The van der Waals surface area contributed by atoms with E-state index in [1.54, 1.807) is 24.3 Å². The van der Waals surface area contributed by atoms with Gasteiger partial charge in [-0.3, -0.25) is 14.3 Å². The molecule has 0 radical (unpaired) electrons. The van der Waals surface area contributed by atoms with E-state index in [2.05, 4.69) is 78.2 Å². The van der Waals surface area contributed by atoms with Crippen LogP contribution in [0.25, 0.3) is 11.3 Å². The van der Waals surface area contributed by atoms with Crippen molar-refractivity contribution in [3.63, 3.8) is 0 Å². The summed E-state index contributed by atoms with van der Waals surface area (Å²) in [6.07, 6.45) is 33.3. The van der Waals surface area contributed by atoms with Crippen LogP contribution >= 0.6 is 34.8 Å². The Morgan fingerprint density at radius 2 is 1.49 bits per heavy atom. The van der Waals surface area contributed by atoms with E-state index < -0.39 is 5.60 Å². The van der Waals surface area contributed by atoms with Crippen LogP contribution < -0.4 is 10.1 Å². The fourth-order valence-corrected chi connectivity index (χ4v) is 9.94. The fraction of sp³-hybridized carbons (Fsp3) is 0.455. The number of likely N-dealkylation sites (tertiary alicyclic amines) is 1. The predicted octanol–water partition coefficient (Wildman–Crippen LogP) is 13.9. The third-order valence-electron chi connectivity index (χ3n) is 13.0. The van der Waals surface area contributed by atoms with Crippen molar-refractivity contribution in [2.75, 3.05) is 13.1 Å². The smallest absolute Gasteiger partial charge is 0.272 e. The summed E-state index contributed by atoms with van der Waals surface area (Å²) in [6, 6.07) is 12.5. The van der Waals surface area contributed by atoms with Crippen LogP contribution in [0.3, 0.4) is 0 Å². The number of carbonyl (C=O) groups is 2. The summed E-state index contributed by atoms with van der Waals surface area (Å²) in [7, 11) is 0. The summed E-state index contributed by atoms with van der Waals surface area (Å²) < 4.78 is 14.0. The molecule has 1 aliphatic heterocycles. The Morgan fingerprint density at radius 3 is 2.09 bits per heavy atom. The first kappa shape index (κ1) is 51.0. The van der Waals surface area contributed by atoms with Gasteiger partial charge in [0.05, 0.1) is 26.2 Å². The zero-order chi connectivity index (χ0) is 48.0. The first-order valence-electron chi connectivity index (χ1n) is 24.5. The van der Waals surface area contributed by atoms with Gasteiger partial charge in [0.1, 0.15) is 29.5 Å². The van der Waals surface area contributed by atoms with Crippen molar-refractivity contribution in [3.8, 4) is 17.0 Å². The van der Waals surface area contributed by atoms with Crippen LogP contribution in [0, 0.1) is 0 Å². The van der Waals surface area contributed by atoms with Crippen LogP contribution in [0.1, 0.15) is 162 Å². The molecule has 2 amide bonds. The summed E-state index contributed by atoms with van der Waals surface area (Å²) in [5.41, 5.74) is 2.71. The van der Waals surface area contributed by atoms with E-state index >= 15 is 0 Å². The van der Waals surface area contributed by atoms with Crippen molar-refractivity contribution < 1.29 is 24.0 Å². The minimum absolute atomic E-state index is 0.01000. The Bertz CT molecular complexity index is 2460. The summed E-state index contributed by atoms with van der Waals surface area (Å²) in [5.74, 6) is 1.53. The standard InChI is InChI=1S/C55H66Cl3N5O5/c1-4-5-6-7-8-9-10-11-12-13-14-15-16-17-18-19-20-24-50(64)62-31-29-41(30-32-62)59-54(65)48-34-49(63(60-48)38(2)3)40-35-55(66,36-40)44-28-27-42(33-47(44)58)67-37-43-52(61-68-53(43)39-25-26-39)51-45(56)22-21-23-46(51)57/h5-6,8-9,11-12,14-15,17-18,21-23,27-28,33-34,38-41,66H,4,7,10,13,16,19-20,24-26,29-32,35-37H2,1-3H3,(H,59,65). The number of rotatable bonds is 23. The Labute approximate surface area is 417 Å². The van der Waals surface area contributed by atoms with E-state index in [0.29, 0.717) is 88.5 Å². The van der Waals surface area contributed by atoms with E-state index in [1.165, 1.54) is 0 Å². The highest BCUT2D eigenvalue weighted by Crippen LogP contribution is 2.53.